The topological polar surface area (TPSA) is 105 Å². The van der Waals surface area contributed by atoms with Crippen LogP contribution >= 0.6 is 39.1 Å². The smallest absolute Gasteiger partial charge is 0.302 e. The number of carbonyl (C=O) groups excluding carboxylic acids is 2. The van der Waals surface area contributed by atoms with Crippen LogP contribution < -0.4 is 4.90 Å². The van der Waals surface area contributed by atoms with Crippen LogP contribution in [0.5, 0.6) is 0 Å². The summed E-state index contributed by atoms with van der Waals surface area (Å²) in [4.78, 5) is 33.2. The first-order chi connectivity index (χ1) is 19.4. The second-order valence-corrected chi connectivity index (χ2v) is 13.8. The highest BCUT2D eigenvalue weighted by molar-refractivity contribution is 9.10. The molecule has 1 amide bonds. The van der Waals surface area contributed by atoms with Crippen LogP contribution in [0.2, 0.25) is 10.0 Å². The number of rotatable bonds is 8. The number of fused-ring (bicyclic) bond motifs is 1. The van der Waals surface area contributed by atoms with Crippen molar-refractivity contribution in [2.45, 2.75) is 30.8 Å². The number of hydrogen-bond donors (Lipinski definition) is 0. The minimum atomic E-state index is -4.03. The van der Waals surface area contributed by atoms with E-state index in [4.69, 9.17) is 27.9 Å². The number of sulfonamides is 1. The Bertz CT molecular complexity index is 1570. The molecule has 14 heteroatoms. The van der Waals surface area contributed by atoms with Crippen LogP contribution in [0.3, 0.4) is 0 Å². The van der Waals surface area contributed by atoms with Gasteiger partial charge in [0.2, 0.25) is 5.95 Å². The Balaban J connectivity index is 1.51. The summed E-state index contributed by atoms with van der Waals surface area (Å²) in [5.74, 6) is -0.532. The van der Waals surface area contributed by atoms with Gasteiger partial charge in [-0.2, -0.15) is 4.31 Å². The lowest BCUT2D eigenvalue weighted by molar-refractivity contribution is -0.141. The molecule has 1 atom stereocenters. The molecule has 10 nitrogen and oxygen atoms in total. The summed E-state index contributed by atoms with van der Waals surface area (Å²) in [6.07, 6.45) is 1.53. The molecule has 2 aromatic carbocycles. The molecule has 0 aliphatic carbocycles. The third kappa shape index (κ3) is 5.91. The van der Waals surface area contributed by atoms with Crippen molar-refractivity contribution in [1.82, 2.24) is 18.8 Å². The second-order valence-electron chi connectivity index (χ2n) is 10.2. The zero-order valence-corrected chi connectivity index (χ0v) is 26.3. The molecule has 0 radical (unpaired) electrons. The molecule has 0 saturated carbocycles. The highest BCUT2D eigenvalue weighted by Gasteiger charge is 2.52. The van der Waals surface area contributed by atoms with Crippen LogP contribution in [0.15, 0.2) is 58.2 Å². The Kier molecular flexibility index (Phi) is 8.53. The van der Waals surface area contributed by atoms with Gasteiger partial charge in [0.1, 0.15) is 12.1 Å². The number of anilines is 2. The largest absolute Gasteiger partial charge is 0.465 e. The molecular weight excluding hydrogens is 657 g/mol. The SMILES string of the molecule is CC(=O)OCCN1CCN(S(=O)(=O)c2cnc3n2C(C)(Cc2ccc(Br)cc2)C(=O)N3c2cc(Cl)cc(Cl)c2)CC1. The van der Waals surface area contributed by atoms with Crippen LogP contribution in [0.4, 0.5) is 11.6 Å². The maximum Gasteiger partial charge on any atom is 0.302 e. The molecular formula is C27H28BrCl2N5O5S. The van der Waals surface area contributed by atoms with E-state index in [1.54, 1.807) is 25.1 Å². The molecule has 2 aliphatic heterocycles. The molecule has 1 saturated heterocycles. The first-order valence-electron chi connectivity index (χ1n) is 12.9. The zero-order valence-electron chi connectivity index (χ0n) is 22.4. The summed E-state index contributed by atoms with van der Waals surface area (Å²) < 4.78 is 37.0. The third-order valence-electron chi connectivity index (χ3n) is 7.28. The number of imidazole rings is 1. The predicted molar refractivity (Wildman–Crippen MR) is 159 cm³/mol. The summed E-state index contributed by atoms with van der Waals surface area (Å²) in [5.41, 5.74) is -0.0773. The summed E-state index contributed by atoms with van der Waals surface area (Å²) in [6.45, 7) is 5.28. The summed E-state index contributed by atoms with van der Waals surface area (Å²) in [5, 5.41) is 0.600. The van der Waals surface area contributed by atoms with E-state index in [-0.39, 0.29) is 49.0 Å². The van der Waals surface area contributed by atoms with Crippen molar-refractivity contribution >= 4 is 72.7 Å². The van der Waals surface area contributed by atoms with Crippen LogP contribution in [0, 0.1) is 0 Å². The van der Waals surface area contributed by atoms with Crippen LogP contribution in [0.1, 0.15) is 19.4 Å². The van der Waals surface area contributed by atoms with Gasteiger partial charge in [-0.05, 0) is 42.8 Å². The van der Waals surface area contributed by atoms with Crippen LogP contribution in [0.25, 0.3) is 0 Å². The van der Waals surface area contributed by atoms with Crippen molar-refractivity contribution < 1.29 is 22.7 Å². The predicted octanol–water partition coefficient (Wildman–Crippen LogP) is 4.46. The lowest BCUT2D eigenvalue weighted by Gasteiger charge is -2.34. The van der Waals surface area contributed by atoms with Gasteiger partial charge in [0, 0.05) is 60.6 Å². The Morgan fingerprint density at radius 1 is 1.07 bits per heavy atom. The van der Waals surface area contributed by atoms with E-state index in [9.17, 15) is 18.0 Å². The van der Waals surface area contributed by atoms with Gasteiger partial charge in [0.15, 0.2) is 5.03 Å². The average molecular weight is 685 g/mol. The molecule has 41 heavy (non-hydrogen) atoms. The molecule has 3 heterocycles. The normalized spacial score (nSPS) is 19.9. The van der Waals surface area contributed by atoms with E-state index in [0.717, 1.165) is 10.0 Å². The quantitative estimate of drug-likeness (QED) is 0.323. The average Bonchev–Trinajstić information content (AvgIpc) is 3.43. The minimum absolute atomic E-state index is 0.0653. The van der Waals surface area contributed by atoms with Gasteiger partial charge in [0.05, 0.1) is 11.9 Å². The molecule has 1 aromatic heterocycles. The van der Waals surface area contributed by atoms with E-state index >= 15 is 0 Å². The Morgan fingerprint density at radius 3 is 2.32 bits per heavy atom. The molecule has 2 aliphatic rings. The van der Waals surface area contributed by atoms with Gasteiger partial charge in [0.25, 0.3) is 15.9 Å². The van der Waals surface area contributed by atoms with Crippen LogP contribution in [-0.4, -0.2) is 78.4 Å². The minimum Gasteiger partial charge on any atom is -0.465 e. The van der Waals surface area contributed by atoms with E-state index in [1.807, 2.05) is 29.2 Å². The monoisotopic (exact) mass is 683 g/mol. The van der Waals surface area contributed by atoms with Crippen molar-refractivity contribution in [2.24, 2.45) is 0 Å². The highest BCUT2D eigenvalue weighted by atomic mass is 79.9. The summed E-state index contributed by atoms with van der Waals surface area (Å²) >= 11 is 16.0. The number of carbonyl (C=O) groups is 2. The van der Waals surface area contributed by atoms with Gasteiger partial charge in [-0.1, -0.05) is 51.3 Å². The molecule has 1 fully saturated rings. The Labute approximate surface area is 257 Å². The number of halogens is 3. The number of aromatic nitrogens is 2. The number of amides is 1. The first kappa shape index (κ1) is 30.0. The summed E-state index contributed by atoms with van der Waals surface area (Å²) in [7, 11) is -4.03. The van der Waals surface area contributed by atoms with Crippen molar-refractivity contribution in [2.75, 3.05) is 44.2 Å². The number of piperazine rings is 1. The fourth-order valence-corrected chi connectivity index (χ4v) is 7.64. The zero-order chi connectivity index (χ0) is 29.5. The van der Waals surface area contributed by atoms with Gasteiger partial charge >= 0.3 is 5.97 Å². The number of ether oxygens (including phenoxy) is 1. The molecule has 0 bridgehead atoms. The molecule has 0 N–H and O–H groups in total. The van der Waals surface area contributed by atoms with E-state index in [0.29, 0.717) is 35.4 Å². The Morgan fingerprint density at radius 2 is 1.71 bits per heavy atom. The number of hydrogen-bond acceptors (Lipinski definition) is 7. The number of nitrogens with zero attached hydrogens (tertiary/aromatic N) is 5. The number of benzene rings is 2. The first-order valence-corrected chi connectivity index (χ1v) is 15.9. The van der Waals surface area contributed by atoms with Gasteiger partial charge in [-0.25, -0.2) is 18.3 Å². The molecule has 5 rings (SSSR count). The third-order valence-corrected chi connectivity index (χ3v) is 10.1. The van der Waals surface area contributed by atoms with Gasteiger partial charge in [-0.3, -0.25) is 19.1 Å². The molecule has 0 spiro atoms. The van der Waals surface area contributed by atoms with Crippen molar-refractivity contribution in [3.05, 3.63) is 68.7 Å². The molecule has 218 valence electrons. The van der Waals surface area contributed by atoms with Gasteiger partial charge < -0.3 is 4.74 Å². The highest BCUT2D eigenvalue weighted by Crippen LogP contribution is 2.45. The number of esters is 1. The summed E-state index contributed by atoms with van der Waals surface area (Å²) in [6, 6.07) is 12.3. The lowest BCUT2D eigenvalue weighted by atomic mass is 9.92. The lowest BCUT2D eigenvalue weighted by Crippen LogP contribution is -2.50. The standard InChI is InChI=1S/C27H28BrCl2N5O5S/c1-18(36)40-12-11-32-7-9-33(10-8-32)41(38,39)24-17-31-26-34(23-14-21(29)13-22(30)15-23)25(37)27(2,35(24)26)16-19-3-5-20(28)6-4-19/h3-6,13-15,17H,7-12,16H2,1-2H3. The fraction of sp³-hybridized carbons (Fsp3) is 0.370. The van der Waals surface area contributed by atoms with Crippen molar-refractivity contribution in [3.63, 3.8) is 0 Å². The maximum absolute atomic E-state index is 14.2. The van der Waals surface area contributed by atoms with Crippen molar-refractivity contribution in [1.29, 1.82) is 0 Å². The van der Waals surface area contributed by atoms with E-state index < -0.39 is 15.6 Å². The molecule has 3 aromatic rings. The van der Waals surface area contributed by atoms with E-state index in [1.165, 1.54) is 26.9 Å². The van der Waals surface area contributed by atoms with Crippen molar-refractivity contribution in [3.8, 4) is 0 Å². The van der Waals surface area contributed by atoms with Crippen LogP contribution in [-0.2, 0) is 36.3 Å². The fourth-order valence-electron chi connectivity index (χ4n) is 5.26. The second kappa shape index (κ2) is 11.7. The van der Waals surface area contributed by atoms with E-state index in [2.05, 4.69) is 20.9 Å². The Hall–Kier alpha value is -2.48. The molecule has 1 unspecified atom stereocenters. The maximum atomic E-state index is 14.2. The van der Waals surface area contributed by atoms with Gasteiger partial charge in [-0.15, -0.1) is 0 Å².